The number of benzene rings is 1. The minimum atomic E-state index is 0.0182. The van der Waals surface area contributed by atoms with Crippen LogP contribution in [-0.2, 0) is 11.2 Å². The molecule has 0 saturated carbocycles. The summed E-state index contributed by atoms with van der Waals surface area (Å²) in [4.78, 5) is 18.6. The molecule has 0 aliphatic carbocycles. The number of nitrogens with one attached hydrogen (secondary N) is 1. The van der Waals surface area contributed by atoms with Gasteiger partial charge in [0.2, 0.25) is 0 Å². The summed E-state index contributed by atoms with van der Waals surface area (Å²) in [5.74, 6) is 2.20. The number of rotatable bonds is 4. The van der Waals surface area contributed by atoms with Gasteiger partial charge < -0.3 is 19.7 Å². The van der Waals surface area contributed by atoms with Crippen molar-refractivity contribution in [2.45, 2.75) is 6.42 Å². The van der Waals surface area contributed by atoms with Gasteiger partial charge >= 0.3 is 0 Å². The highest BCUT2D eigenvalue weighted by Crippen LogP contribution is 2.26. The van der Waals surface area contributed by atoms with Crippen molar-refractivity contribution in [2.75, 3.05) is 44.8 Å². The zero-order valence-electron chi connectivity index (χ0n) is 14.7. The van der Waals surface area contributed by atoms with Gasteiger partial charge in [-0.3, -0.25) is 4.79 Å². The number of nitrogens with zero attached hydrogens (tertiary/aromatic N) is 2. The van der Waals surface area contributed by atoms with Crippen LogP contribution in [0.1, 0.15) is 15.9 Å². The molecule has 6 heteroatoms. The molecule has 2 aliphatic heterocycles. The minimum absolute atomic E-state index is 0.0182. The number of morpholine rings is 1. The maximum absolute atomic E-state index is 12.4. The van der Waals surface area contributed by atoms with Crippen LogP contribution in [0.2, 0.25) is 0 Å². The molecule has 26 heavy (non-hydrogen) atoms. The first-order valence-corrected chi connectivity index (χ1v) is 9.07. The van der Waals surface area contributed by atoms with E-state index in [1.165, 1.54) is 5.56 Å². The average Bonchev–Trinajstić information content (AvgIpc) is 2.72. The van der Waals surface area contributed by atoms with E-state index in [4.69, 9.17) is 9.47 Å². The molecule has 1 fully saturated rings. The Labute approximate surface area is 153 Å². The first-order chi connectivity index (χ1) is 12.8. The van der Waals surface area contributed by atoms with Crippen molar-refractivity contribution in [1.29, 1.82) is 0 Å². The van der Waals surface area contributed by atoms with Crippen molar-refractivity contribution in [2.24, 2.45) is 5.92 Å². The largest absolute Gasteiger partial charge is 0.493 e. The van der Waals surface area contributed by atoms with E-state index < -0.39 is 0 Å². The second-order valence-corrected chi connectivity index (χ2v) is 6.71. The molecule has 1 N–H and O–H groups in total. The molecule has 2 aliphatic rings. The number of fused-ring (bicyclic) bond motifs is 1. The number of aromatic nitrogens is 1. The zero-order valence-corrected chi connectivity index (χ0v) is 14.7. The highest BCUT2D eigenvalue weighted by molar-refractivity contribution is 5.94. The number of anilines is 1. The second-order valence-electron chi connectivity index (χ2n) is 6.71. The van der Waals surface area contributed by atoms with Gasteiger partial charge in [0.15, 0.2) is 0 Å². The first kappa shape index (κ1) is 16.8. The number of para-hydroxylation sites is 1. The van der Waals surface area contributed by atoms with Gasteiger partial charge in [0, 0.05) is 31.7 Å². The van der Waals surface area contributed by atoms with E-state index in [1.54, 1.807) is 6.20 Å². The monoisotopic (exact) mass is 353 g/mol. The SMILES string of the molecule is O=C(c1ccc(NC[C@H]2COc3ccccc3C2)nc1)N1CCOCC1. The summed E-state index contributed by atoms with van der Waals surface area (Å²) in [7, 11) is 0. The predicted octanol–water partition coefficient (Wildman–Crippen LogP) is 2.22. The highest BCUT2D eigenvalue weighted by Gasteiger charge is 2.20. The molecule has 1 saturated heterocycles. The van der Waals surface area contributed by atoms with E-state index in [1.807, 2.05) is 35.2 Å². The number of pyridine rings is 1. The van der Waals surface area contributed by atoms with E-state index in [9.17, 15) is 4.79 Å². The zero-order chi connectivity index (χ0) is 17.8. The Bertz CT molecular complexity index is 757. The smallest absolute Gasteiger partial charge is 0.255 e. The van der Waals surface area contributed by atoms with Gasteiger partial charge in [-0.05, 0) is 30.2 Å². The third kappa shape index (κ3) is 3.80. The fourth-order valence-corrected chi connectivity index (χ4v) is 3.34. The lowest BCUT2D eigenvalue weighted by atomic mass is 9.97. The van der Waals surface area contributed by atoms with E-state index in [0.29, 0.717) is 44.4 Å². The molecule has 6 nitrogen and oxygen atoms in total. The molecule has 0 radical (unpaired) electrons. The molecular formula is C20H23N3O3. The molecule has 1 aromatic carbocycles. The van der Waals surface area contributed by atoms with Gasteiger partial charge in [0.25, 0.3) is 5.91 Å². The standard InChI is InChI=1S/C20H23N3O3/c24-20(23-7-9-25-10-8-23)17-5-6-19(22-13-17)21-12-15-11-16-3-1-2-4-18(16)26-14-15/h1-6,13,15H,7-12,14H2,(H,21,22)/t15-/m0/s1. The van der Waals surface area contributed by atoms with Gasteiger partial charge in [0.1, 0.15) is 11.6 Å². The van der Waals surface area contributed by atoms with Crippen LogP contribution < -0.4 is 10.1 Å². The lowest BCUT2D eigenvalue weighted by Crippen LogP contribution is -2.40. The lowest BCUT2D eigenvalue weighted by Gasteiger charge is -2.27. The number of amides is 1. The van der Waals surface area contributed by atoms with Crippen LogP contribution in [-0.4, -0.2) is 55.2 Å². The number of carbonyl (C=O) groups excluding carboxylic acids is 1. The maximum Gasteiger partial charge on any atom is 0.255 e. The van der Waals surface area contributed by atoms with Crippen molar-refractivity contribution in [3.05, 3.63) is 53.7 Å². The van der Waals surface area contributed by atoms with Crippen LogP contribution in [0.3, 0.4) is 0 Å². The summed E-state index contributed by atoms with van der Waals surface area (Å²) in [6.07, 6.45) is 2.64. The molecule has 0 unspecified atom stereocenters. The third-order valence-electron chi connectivity index (χ3n) is 4.84. The Balaban J connectivity index is 1.31. The van der Waals surface area contributed by atoms with Crippen molar-refractivity contribution in [1.82, 2.24) is 9.88 Å². The van der Waals surface area contributed by atoms with E-state index in [0.717, 1.165) is 24.5 Å². The van der Waals surface area contributed by atoms with Gasteiger partial charge in [-0.1, -0.05) is 18.2 Å². The molecule has 1 atom stereocenters. The lowest BCUT2D eigenvalue weighted by molar-refractivity contribution is 0.0302. The molecule has 4 rings (SSSR count). The van der Waals surface area contributed by atoms with Crippen LogP contribution >= 0.6 is 0 Å². The van der Waals surface area contributed by atoms with Crippen molar-refractivity contribution >= 4 is 11.7 Å². The quantitative estimate of drug-likeness (QED) is 0.913. The van der Waals surface area contributed by atoms with Gasteiger partial charge in [-0.15, -0.1) is 0 Å². The minimum Gasteiger partial charge on any atom is -0.493 e. The van der Waals surface area contributed by atoms with E-state index in [-0.39, 0.29) is 5.91 Å². The number of hydrogen-bond acceptors (Lipinski definition) is 5. The highest BCUT2D eigenvalue weighted by atomic mass is 16.5. The van der Waals surface area contributed by atoms with E-state index >= 15 is 0 Å². The normalized spacial score (nSPS) is 19.4. The van der Waals surface area contributed by atoms with Crippen LogP contribution in [0.4, 0.5) is 5.82 Å². The molecule has 0 spiro atoms. The summed E-state index contributed by atoms with van der Waals surface area (Å²) >= 11 is 0. The van der Waals surface area contributed by atoms with Crippen LogP contribution in [0, 0.1) is 5.92 Å². The Morgan fingerprint density at radius 1 is 1.19 bits per heavy atom. The van der Waals surface area contributed by atoms with Gasteiger partial charge in [0.05, 0.1) is 25.4 Å². The Hall–Kier alpha value is -2.60. The maximum atomic E-state index is 12.4. The molecule has 2 aromatic rings. The van der Waals surface area contributed by atoms with Crippen molar-refractivity contribution < 1.29 is 14.3 Å². The predicted molar refractivity (Wildman–Crippen MR) is 98.6 cm³/mol. The fraction of sp³-hybridized carbons (Fsp3) is 0.400. The first-order valence-electron chi connectivity index (χ1n) is 9.07. The Morgan fingerprint density at radius 3 is 2.85 bits per heavy atom. The van der Waals surface area contributed by atoms with Crippen LogP contribution in [0.25, 0.3) is 0 Å². The number of carbonyl (C=O) groups is 1. The summed E-state index contributed by atoms with van der Waals surface area (Å²) in [5.41, 5.74) is 1.87. The average molecular weight is 353 g/mol. The molecule has 1 aromatic heterocycles. The molecule has 136 valence electrons. The fourth-order valence-electron chi connectivity index (χ4n) is 3.34. The van der Waals surface area contributed by atoms with Crippen LogP contribution in [0.15, 0.2) is 42.6 Å². The Kier molecular flexibility index (Phi) is 5.02. The van der Waals surface area contributed by atoms with E-state index in [2.05, 4.69) is 16.4 Å². The molecule has 1 amide bonds. The van der Waals surface area contributed by atoms with Crippen molar-refractivity contribution in [3.63, 3.8) is 0 Å². The summed E-state index contributed by atoms with van der Waals surface area (Å²) < 4.78 is 11.1. The number of ether oxygens (including phenoxy) is 2. The van der Waals surface area contributed by atoms with Gasteiger partial charge in [-0.25, -0.2) is 4.98 Å². The van der Waals surface area contributed by atoms with Gasteiger partial charge in [-0.2, -0.15) is 0 Å². The summed E-state index contributed by atoms with van der Waals surface area (Å²) in [6, 6.07) is 11.9. The van der Waals surface area contributed by atoms with Crippen LogP contribution in [0.5, 0.6) is 5.75 Å². The third-order valence-corrected chi connectivity index (χ3v) is 4.84. The summed E-state index contributed by atoms with van der Waals surface area (Å²) in [5, 5.41) is 3.35. The topological polar surface area (TPSA) is 63.7 Å². The second kappa shape index (κ2) is 7.74. The number of hydrogen-bond donors (Lipinski definition) is 1. The molecular weight excluding hydrogens is 330 g/mol. The van der Waals surface area contributed by atoms with Crippen molar-refractivity contribution in [3.8, 4) is 5.75 Å². The molecule has 0 bridgehead atoms. The Morgan fingerprint density at radius 2 is 2.04 bits per heavy atom. The summed E-state index contributed by atoms with van der Waals surface area (Å²) in [6.45, 7) is 3.98. The molecule has 3 heterocycles.